The zero-order valence-corrected chi connectivity index (χ0v) is 22.7. The molecule has 1 aromatic carbocycles. The summed E-state index contributed by atoms with van der Waals surface area (Å²) >= 11 is 0. The van der Waals surface area contributed by atoms with E-state index in [-0.39, 0.29) is 5.75 Å². The Labute approximate surface area is 228 Å². The van der Waals surface area contributed by atoms with Gasteiger partial charge in [-0.2, -0.15) is 5.09 Å². The van der Waals surface area contributed by atoms with Crippen molar-refractivity contribution in [1.82, 2.24) is 14.6 Å². The smallest absolute Gasteiger partial charge is 0.459 e. The van der Waals surface area contributed by atoms with E-state index in [9.17, 15) is 28.8 Å². The SMILES string of the molecule is [2H]c1cn([C@@H]2O[C@H](C([2H])([2H])O[P@@](=O)(N[C@@H](C)C(=O)OC(C)C)Oc3ccccc3)[C@@H](O)[C@@]2(C)OC(C)=O)c(=O)[nH]c1=O. The third-order valence-electron chi connectivity index (χ3n) is 5.36. The monoisotopic (exact) mass is 572 g/mol. The summed E-state index contributed by atoms with van der Waals surface area (Å²) in [6.45, 7) is 3.34. The lowest BCUT2D eigenvalue weighted by Gasteiger charge is -2.32. The largest absolute Gasteiger partial charge is 0.462 e. The van der Waals surface area contributed by atoms with E-state index in [4.69, 9.17) is 27.4 Å². The van der Waals surface area contributed by atoms with Crippen LogP contribution in [0.15, 0.2) is 52.2 Å². The molecule has 6 atom stereocenters. The molecule has 3 rings (SSSR count). The van der Waals surface area contributed by atoms with E-state index in [0.29, 0.717) is 4.57 Å². The molecule has 14 nitrogen and oxygen atoms in total. The highest BCUT2D eigenvalue weighted by Crippen LogP contribution is 2.47. The molecule has 1 aliphatic rings. The normalized spacial score (nSPS) is 26.5. The van der Waals surface area contributed by atoms with Crippen LogP contribution in [0.4, 0.5) is 0 Å². The van der Waals surface area contributed by atoms with Crippen molar-refractivity contribution < 1.29 is 46.6 Å². The first-order valence-electron chi connectivity index (χ1n) is 13.3. The first kappa shape index (κ1) is 26.0. The minimum atomic E-state index is -4.85. The number of aromatic amines is 1. The molecule has 0 amide bonds. The lowest BCUT2D eigenvalue weighted by Crippen LogP contribution is -2.49. The zero-order chi connectivity index (χ0) is 31.6. The van der Waals surface area contributed by atoms with Gasteiger partial charge in [0.2, 0.25) is 0 Å². The molecule has 0 saturated carbocycles. The van der Waals surface area contributed by atoms with E-state index in [1.54, 1.807) is 19.9 Å². The fraction of sp³-hybridized carbons (Fsp3) is 0.500. The summed E-state index contributed by atoms with van der Waals surface area (Å²) in [5.41, 5.74) is -4.34. The van der Waals surface area contributed by atoms with Crippen molar-refractivity contribution in [2.24, 2.45) is 0 Å². The van der Waals surface area contributed by atoms with Gasteiger partial charge in [0.05, 0.1) is 16.8 Å². The fourth-order valence-electron chi connectivity index (χ4n) is 3.65. The molecule has 1 aromatic heterocycles. The molecule has 0 bridgehead atoms. The number of hydrogen-bond acceptors (Lipinski definition) is 11. The molecule has 15 heteroatoms. The molecule has 0 aliphatic carbocycles. The molecule has 2 heterocycles. The summed E-state index contributed by atoms with van der Waals surface area (Å²) in [6, 6.07) is 5.46. The van der Waals surface area contributed by atoms with Crippen LogP contribution in [0.1, 0.15) is 45.0 Å². The summed E-state index contributed by atoms with van der Waals surface area (Å²) in [6.07, 6.45) is -5.76. The van der Waals surface area contributed by atoms with Crippen LogP contribution in [-0.4, -0.2) is 63.1 Å². The minimum absolute atomic E-state index is 0.0353. The third kappa shape index (κ3) is 7.43. The van der Waals surface area contributed by atoms with Crippen molar-refractivity contribution in [3.63, 3.8) is 0 Å². The highest BCUT2D eigenvalue weighted by atomic mass is 31.2. The molecule has 3 N–H and O–H groups in total. The number of carbonyl (C=O) groups is 2. The van der Waals surface area contributed by atoms with Gasteiger partial charge in [-0.25, -0.2) is 9.36 Å². The third-order valence-corrected chi connectivity index (χ3v) is 6.86. The second-order valence-electron chi connectivity index (χ2n) is 9.02. The van der Waals surface area contributed by atoms with Crippen LogP contribution in [0, 0.1) is 0 Å². The van der Waals surface area contributed by atoms with Gasteiger partial charge < -0.3 is 23.8 Å². The van der Waals surface area contributed by atoms with Gasteiger partial charge in [-0.15, -0.1) is 0 Å². The summed E-state index contributed by atoms with van der Waals surface area (Å²) in [4.78, 5) is 50.6. The number of H-pyrrole nitrogens is 1. The van der Waals surface area contributed by atoms with E-state index in [1.807, 2.05) is 4.98 Å². The summed E-state index contributed by atoms with van der Waals surface area (Å²) in [7, 11) is -4.85. The van der Waals surface area contributed by atoms with Gasteiger partial charge >= 0.3 is 25.4 Å². The number of nitrogens with one attached hydrogen (secondary N) is 2. The number of aliphatic hydroxyl groups excluding tert-OH is 1. The molecule has 0 unspecified atom stereocenters. The van der Waals surface area contributed by atoms with Gasteiger partial charge in [-0.05, 0) is 39.8 Å². The number of aromatic nitrogens is 2. The average Bonchev–Trinajstić information content (AvgIpc) is 3.11. The number of aliphatic hydroxyl groups is 1. The van der Waals surface area contributed by atoms with E-state index in [0.717, 1.165) is 20.0 Å². The van der Waals surface area contributed by atoms with Gasteiger partial charge in [0.15, 0.2) is 11.8 Å². The Kier molecular flexibility index (Phi) is 8.16. The molecule has 0 spiro atoms. The predicted molar refractivity (Wildman–Crippen MR) is 136 cm³/mol. The maximum absolute atomic E-state index is 13.9. The first-order valence-corrected chi connectivity index (χ1v) is 13.3. The summed E-state index contributed by atoms with van der Waals surface area (Å²) < 4.78 is 66.3. The second-order valence-corrected chi connectivity index (χ2v) is 10.6. The van der Waals surface area contributed by atoms with E-state index in [2.05, 4.69) is 5.09 Å². The molecular weight excluding hydrogens is 537 g/mol. The highest BCUT2D eigenvalue weighted by Gasteiger charge is 2.57. The van der Waals surface area contributed by atoms with Gasteiger partial charge in [-0.3, -0.25) is 28.5 Å². The Morgan fingerprint density at radius 2 is 1.97 bits per heavy atom. The molecule has 214 valence electrons. The standard InChI is InChI=1S/C24H32N3O11P/c1-14(2)35-21(31)15(3)26-39(33,38-17-9-7-6-8-10-17)34-13-18-20(30)24(5,37-16(4)28)22(36-18)27-12-11-19(29)25-23(27)32/h6-12,14-15,18,20,22,30H,13H2,1-5H3,(H,26,33)(H,25,29,32)/t15-,18+,20+,22+,24+,39-/m0/s1/i11D,13D2. The van der Waals surface area contributed by atoms with Crippen molar-refractivity contribution in [1.29, 1.82) is 0 Å². The van der Waals surface area contributed by atoms with Gasteiger partial charge in [0, 0.05) is 19.2 Å². The molecular formula is C24H32N3O11P. The average molecular weight is 573 g/mol. The number of ether oxygens (including phenoxy) is 3. The molecule has 1 saturated heterocycles. The van der Waals surface area contributed by atoms with Crippen LogP contribution >= 0.6 is 7.75 Å². The van der Waals surface area contributed by atoms with E-state index in [1.165, 1.54) is 31.2 Å². The Bertz CT molecular complexity index is 1470. The Hall–Kier alpha value is -3.29. The molecule has 0 radical (unpaired) electrons. The maximum atomic E-state index is 13.9. The minimum Gasteiger partial charge on any atom is -0.462 e. The topological polar surface area (TPSA) is 184 Å². The van der Waals surface area contributed by atoms with Crippen molar-refractivity contribution >= 4 is 19.7 Å². The molecule has 39 heavy (non-hydrogen) atoms. The molecule has 1 aliphatic heterocycles. The van der Waals surface area contributed by atoms with Gasteiger partial charge in [0.25, 0.3) is 5.56 Å². The Balaban J connectivity index is 2.02. The fourth-order valence-corrected chi connectivity index (χ4v) is 5.01. The Morgan fingerprint density at radius 3 is 2.59 bits per heavy atom. The van der Waals surface area contributed by atoms with Crippen LogP contribution in [0.2, 0.25) is 0 Å². The van der Waals surface area contributed by atoms with Crippen LogP contribution in [0.25, 0.3) is 0 Å². The van der Waals surface area contributed by atoms with E-state index >= 15 is 0 Å². The van der Waals surface area contributed by atoms with Crippen LogP contribution < -0.4 is 20.9 Å². The lowest BCUT2D eigenvalue weighted by molar-refractivity contribution is -0.176. The van der Waals surface area contributed by atoms with Crippen molar-refractivity contribution in [2.75, 3.05) is 6.56 Å². The number of hydrogen-bond donors (Lipinski definition) is 3. The number of nitrogens with zero attached hydrogens (tertiary/aromatic N) is 1. The van der Waals surface area contributed by atoms with Crippen LogP contribution in [-0.2, 0) is 32.9 Å². The highest BCUT2D eigenvalue weighted by molar-refractivity contribution is 7.52. The van der Waals surface area contributed by atoms with Crippen molar-refractivity contribution in [3.05, 3.63) is 63.4 Å². The molecule has 2 aromatic rings. The maximum Gasteiger partial charge on any atom is 0.459 e. The van der Waals surface area contributed by atoms with Crippen LogP contribution in [0.5, 0.6) is 5.75 Å². The number of esters is 2. The van der Waals surface area contributed by atoms with Gasteiger partial charge in [0.1, 0.15) is 24.0 Å². The van der Waals surface area contributed by atoms with Crippen LogP contribution in [0.3, 0.4) is 0 Å². The number of benzene rings is 1. The van der Waals surface area contributed by atoms with Crippen molar-refractivity contribution in [2.45, 2.75) is 70.8 Å². The van der Waals surface area contributed by atoms with Crippen molar-refractivity contribution in [3.8, 4) is 5.75 Å². The number of para-hydroxylation sites is 1. The first-order chi connectivity index (χ1) is 19.4. The Morgan fingerprint density at radius 1 is 1.31 bits per heavy atom. The van der Waals surface area contributed by atoms with Gasteiger partial charge in [-0.1, -0.05) is 18.2 Å². The number of carbonyl (C=O) groups excluding carboxylic acids is 2. The van der Waals surface area contributed by atoms with E-state index < -0.39 is 79.7 Å². The second kappa shape index (κ2) is 12.3. The lowest BCUT2D eigenvalue weighted by atomic mass is 9.96. The quantitative estimate of drug-likeness (QED) is 0.259. The summed E-state index contributed by atoms with van der Waals surface area (Å²) in [5, 5.41) is 13.5. The molecule has 1 fully saturated rings. The predicted octanol–water partition coefficient (Wildman–Crippen LogP) is 1.25. The summed E-state index contributed by atoms with van der Waals surface area (Å²) in [5.74, 6) is -1.84. The zero-order valence-electron chi connectivity index (χ0n) is 24.8. The number of rotatable bonds is 11.